The molecule has 0 aliphatic rings. The Kier molecular flexibility index (Phi) is 5.76. The first-order valence-electron chi connectivity index (χ1n) is 6.68. The normalized spacial score (nSPS) is 14.5. The zero-order valence-electron chi connectivity index (χ0n) is 12.6. The molecule has 0 aliphatic carbocycles. The zero-order valence-corrected chi connectivity index (χ0v) is 12.6. The number of nitrogens with zero attached hydrogens (tertiary/aromatic N) is 1. The summed E-state index contributed by atoms with van der Waals surface area (Å²) in [6.45, 7) is 3.55. The second-order valence-electron chi connectivity index (χ2n) is 5.45. The van der Waals surface area contributed by atoms with Gasteiger partial charge in [-0.3, -0.25) is 4.79 Å². The van der Waals surface area contributed by atoms with Gasteiger partial charge in [0.1, 0.15) is 5.56 Å². The Labute approximate surface area is 126 Å². The molecule has 1 aromatic heterocycles. The Morgan fingerprint density at radius 2 is 2.09 bits per heavy atom. The maximum atomic E-state index is 12.2. The lowest BCUT2D eigenvalue weighted by molar-refractivity contribution is -0.154. The quantitative estimate of drug-likeness (QED) is 0.842. The van der Waals surface area contributed by atoms with Crippen molar-refractivity contribution < 1.29 is 27.8 Å². The number of nitrogens with one attached hydrogen (secondary N) is 1. The lowest BCUT2D eigenvalue weighted by atomic mass is 9.92. The van der Waals surface area contributed by atoms with Crippen molar-refractivity contribution in [3.8, 4) is 5.88 Å². The van der Waals surface area contributed by atoms with E-state index in [1.54, 1.807) is 20.8 Å². The molecule has 0 aromatic carbocycles. The zero-order chi connectivity index (χ0) is 17.0. The Bertz CT molecular complexity index is 516. The molecule has 5 nitrogen and oxygen atoms in total. The highest BCUT2D eigenvalue weighted by atomic mass is 19.4. The standard InChI is InChI=1S/C14H19F3N2O3/c1-9(2)13(3,21)7-19-11(20)10-5-4-6-18-12(10)22-8-14(15,16)17/h4-6,9,21H,7-8H2,1-3H3,(H,19,20). The monoisotopic (exact) mass is 320 g/mol. The van der Waals surface area contributed by atoms with Crippen LogP contribution in [0.4, 0.5) is 13.2 Å². The van der Waals surface area contributed by atoms with E-state index in [2.05, 4.69) is 15.0 Å². The van der Waals surface area contributed by atoms with E-state index in [0.29, 0.717) is 0 Å². The van der Waals surface area contributed by atoms with Crippen molar-refractivity contribution >= 4 is 5.91 Å². The molecule has 8 heteroatoms. The van der Waals surface area contributed by atoms with E-state index >= 15 is 0 Å². The second-order valence-corrected chi connectivity index (χ2v) is 5.45. The average molecular weight is 320 g/mol. The van der Waals surface area contributed by atoms with Crippen LogP contribution in [-0.2, 0) is 0 Å². The van der Waals surface area contributed by atoms with Crippen molar-refractivity contribution in [3.05, 3.63) is 23.9 Å². The topological polar surface area (TPSA) is 71.5 Å². The van der Waals surface area contributed by atoms with Crippen LogP contribution in [0.5, 0.6) is 5.88 Å². The number of ether oxygens (including phenoxy) is 1. The predicted octanol–water partition coefficient (Wildman–Crippen LogP) is 2.16. The summed E-state index contributed by atoms with van der Waals surface area (Å²) in [6, 6.07) is 2.72. The van der Waals surface area contributed by atoms with Gasteiger partial charge in [-0.1, -0.05) is 13.8 Å². The molecule has 1 aromatic rings. The van der Waals surface area contributed by atoms with Crippen LogP contribution in [-0.4, -0.2) is 40.9 Å². The van der Waals surface area contributed by atoms with Gasteiger partial charge in [-0.2, -0.15) is 13.2 Å². The van der Waals surface area contributed by atoms with Gasteiger partial charge in [-0.05, 0) is 25.0 Å². The molecule has 0 spiro atoms. The maximum Gasteiger partial charge on any atom is 0.422 e. The molecule has 0 saturated carbocycles. The average Bonchev–Trinajstić information content (AvgIpc) is 2.42. The first kappa shape index (κ1) is 18.2. The molecule has 1 amide bonds. The van der Waals surface area contributed by atoms with Gasteiger partial charge in [0.25, 0.3) is 5.91 Å². The molecule has 1 atom stereocenters. The van der Waals surface area contributed by atoms with E-state index in [1.165, 1.54) is 18.3 Å². The molecule has 1 unspecified atom stereocenters. The molecule has 0 radical (unpaired) electrons. The molecule has 0 fully saturated rings. The minimum Gasteiger partial charge on any atom is -0.467 e. The summed E-state index contributed by atoms with van der Waals surface area (Å²) in [5, 5.41) is 12.5. The van der Waals surface area contributed by atoms with Crippen LogP contribution in [0.25, 0.3) is 0 Å². The van der Waals surface area contributed by atoms with Crippen LogP contribution in [0.15, 0.2) is 18.3 Å². The molecule has 0 aliphatic heterocycles. The molecule has 124 valence electrons. The summed E-state index contributed by atoms with van der Waals surface area (Å²) in [4.78, 5) is 15.7. The van der Waals surface area contributed by atoms with E-state index in [1.807, 2.05) is 0 Å². The summed E-state index contributed by atoms with van der Waals surface area (Å²) in [5.41, 5.74) is -1.25. The third kappa shape index (κ3) is 5.51. The van der Waals surface area contributed by atoms with Crippen LogP contribution >= 0.6 is 0 Å². The van der Waals surface area contributed by atoms with Gasteiger partial charge in [-0.15, -0.1) is 0 Å². The fraction of sp³-hybridized carbons (Fsp3) is 0.571. The largest absolute Gasteiger partial charge is 0.467 e. The lowest BCUT2D eigenvalue weighted by Crippen LogP contribution is -2.44. The van der Waals surface area contributed by atoms with Gasteiger partial charge in [0, 0.05) is 12.7 Å². The third-order valence-corrected chi connectivity index (χ3v) is 3.24. The lowest BCUT2D eigenvalue weighted by Gasteiger charge is -2.27. The Hall–Kier alpha value is -1.83. The minimum absolute atomic E-state index is 0.0445. The van der Waals surface area contributed by atoms with E-state index in [4.69, 9.17) is 0 Å². The highest BCUT2D eigenvalue weighted by Crippen LogP contribution is 2.20. The van der Waals surface area contributed by atoms with E-state index in [-0.39, 0.29) is 18.0 Å². The predicted molar refractivity (Wildman–Crippen MR) is 73.6 cm³/mol. The number of aromatic nitrogens is 1. The molecule has 2 N–H and O–H groups in total. The number of amides is 1. The summed E-state index contributed by atoms with van der Waals surface area (Å²) in [5.74, 6) is -1.17. The van der Waals surface area contributed by atoms with Gasteiger partial charge in [0.2, 0.25) is 5.88 Å². The van der Waals surface area contributed by atoms with Crippen LogP contribution in [0.1, 0.15) is 31.1 Å². The van der Waals surface area contributed by atoms with E-state index < -0.39 is 30.2 Å². The van der Waals surface area contributed by atoms with Gasteiger partial charge in [0.15, 0.2) is 6.61 Å². The minimum atomic E-state index is -4.52. The number of pyridine rings is 1. The van der Waals surface area contributed by atoms with Gasteiger partial charge < -0.3 is 15.2 Å². The molecule has 1 rings (SSSR count). The van der Waals surface area contributed by atoms with Gasteiger partial charge in [-0.25, -0.2) is 4.98 Å². The smallest absolute Gasteiger partial charge is 0.422 e. The number of aliphatic hydroxyl groups is 1. The Morgan fingerprint density at radius 1 is 1.45 bits per heavy atom. The molecule has 22 heavy (non-hydrogen) atoms. The molecular weight excluding hydrogens is 301 g/mol. The van der Waals surface area contributed by atoms with Crippen molar-refractivity contribution in [3.63, 3.8) is 0 Å². The van der Waals surface area contributed by atoms with E-state index in [0.717, 1.165) is 0 Å². The number of halogens is 3. The summed E-state index contributed by atoms with van der Waals surface area (Å²) < 4.78 is 41.1. The van der Waals surface area contributed by atoms with Crippen LogP contribution in [0, 0.1) is 5.92 Å². The second kappa shape index (κ2) is 6.95. The van der Waals surface area contributed by atoms with Crippen molar-refractivity contribution in [2.75, 3.05) is 13.2 Å². The number of carbonyl (C=O) groups is 1. The highest BCUT2D eigenvalue weighted by Gasteiger charge is 2.30. The van der Waals surface area contributed by atoms with Crippen molar-refractivity contribution in [1.29, 1.82) is 0 Å². The first-order valence-corrected chi connectivity index (χ1v) is 6.68. The van der Waals surface area contributed by atoms with Crippen molar-refractivity contribution in [2.45, 2.75) is 32.5 Å². The Balaban J connectivity index is 2.77. The number of hydrogen-bond acceptors (Lipinski definition) is 4. The maximum absolute atomic E-state index is 12.2. The van der Waals surface area contributed by atoms with Crippen molar-refractivity contribution in [1.82, 2.24) is 10.3 Å². The molecule has 1 heterocycles. The molecule has 0 saturated heterocycles. The fourth-order valence-corrected chi connectivity index (χ4v) is 1.39. The third-order valence-electron chi connectivity index (χ3n) is 3.24. The number of hydrogen-bond donors (Lipinski definition) is 2. The van der Waals surface area contributed by atoms with Crippen LogP contribution < -0.4 is 10.1 Å². The van der Waals surface area contributed by atoms with Gasteiger partial charge in [0.05, 0.1) is 5.60 Å². The Morgan fingerprint density at radius 3 is 2.64 bits per heavy atom. The first-order chi connectivity index (χ1) is 10.0. The molecular formula is C14H19F3N2O3. The number of rotatable bonds is 6. The SMILES string of the molecule is CC(C)C(C)(O)CNC(=O)c1cccnc1OCC(F)(F)F. The number of carbonyl (C=O) groups excluding carboxylic acids is 1. The van der Waals surface area contributed by atoms with Gasteiger partial charge >= 0.3 is 6.18 Å². The highest BCUT2D eigenvalue weighted by molar-refractivity contribution is 5.96. The summed E-state index contributed by atoms with van der Waals surface area (Å²) in [6.07, 6.45) is -3.29. The summed E-state index contributed by atoms with van der Waals surface area (Å²) in [7, 11) is 0. The van der Waals surface area contributed by atoms with Crippen LogP contribution in [0.3, 0.4) is 0 Å². The number of alkyl halides is 3. The van der Waals surface area contributed by atoms with E-state index in [9.17, 15) is 23.1 Å². The fourth-order valence-electron chi connectivity index (χ4n) is 1.39. The molecule has 0 bridgehead atoms. The van der Waals surface area contributed by atoms with Crippen LogP contribution in [0.2, 0.25) is 0 Å². The van der Waals surface area contributed by atoms with Crippen molar-refractivity contribution in [2.24, 2.45) is 5.92 Å². The summed E-state index contributed by atoms with van der Waals surface area (Å²) >= 11 is 0.